The van der Waals surface area contributed by atoms with Crippen LogP contribution < -0.4 is 5.32 Å². The van der Waals surface area contributed by atoms with E-state index in [1.807, 2.05) is 36.4 Å². The summed E-state index contributed by atoms with van der Waals surface area (Å²) < 4.78 is 45.2. The second-order valence-corrected chi connectivity index (χ2v) is 8.19. The first-order valence-corrected chi connectivity index (χ1v) is 10.8. The van der Waals surface area contributed by atoms with Crippen LogP contribution in [0.25, 0.3) is 11.1 Å². The van der Waals surface area contributed by atoms with Crippen molar-refractivity contribution in [2.24, 2.45) is 0 Å². The largest absolute Gasteiger partial charge is 0.448 e. The average molecular weight is 453 g/mol. The highest BCUT2D eigenvalue weighted by Gasteiger charge is 2.36. The van der Waals surface area contributed by atoms with Crippen LogP contribution in [-0.2, 0) is 10.9 Å². The highest BCUT2D eigenvalue weighted by Crippen LogP contribution is 2.44. The van der Waals surface area contributed by atoms with Crippen molar-refractivity contribution >= 4 is 6.09 Å². The number of benzene rings is 2. The van der Waals surface area contributed by atoms with Gasteiger partial charge >= 0.3 is 12.3 Å². The van der Waals surface area contributed by atoms with E-state index in [4.69, 9.17) is 4.74 Å². The third-order valence-electron chi connectivity index (χ3n) is 6.27. The summed E-state index contributed by atoms with van der Waals surface area (Å²) in [6, 6.07) is 18.0. The molecule has 170 valence electrons. The Morgan fingerprint density at radius 1 is 1.06 bits per heavy atom. The van der Waals surface area contributed by atoms with E-state index >= 15 is 0 Å². The van der Waals surface area contributed by atoms with Crippen molar-refractivity contribution in [3.63, 3.8) is 0 Å². The fourth-order valence-electron chi connectivity index (χ4n) is 4.71. The molecular weight excluding hydrogens is 431 g/mol. The molecule has 1 aromatic heterocycles. The van der Waals surface area contributed by atoms with Crippen molar-refractivity contribution < 1.29 is 22.7 Å². The molecule has 0 spiro atoms. The highest BCUT2D eigenvalue weighted by atomic mass is 19.4. The summed E-state index contributed by atoms with van der Waals surface area (Å²) in [5.74, 6) is -0.0829. The van der Waals surface area contributed by atoms with Crippen LogP contribution in [0.1, 0.15) is 34.3 Å². The van der Waals surface area contributed by atoms with E-state index in [0.717, 1.165) is 34.5 Å². The molecule has 1 saturated heterocycles. The van der Waals surface area contributed by atoms with Crippen LogP contribution in [0.4, 0.5) is 18.0 Å². The maximum absolute atomic E-state index is 13.1. The van der Waals surface area contributed by atoms with Gasteiger partial charge in [0.1, 0.15) is 12.3 Å². The van der Waals surface area contributed by atoms with E-state index < -0.39 is 24.0 Å². The number of alkyl halides is 3. The van der Waals surface area contributed by atoms with Crippen LogP contribution in [0, 0.1) is 0 Å². The number of hydrogen-bond acceptors (Lipinski definition) is 4. The van der Waals surface area contributed by atoms with Gasteiger partial charge in [-0.2, -0.15) is 13.2 Å². The summed E-state index contributed by atoms with van der Waals surface area (Å²) in [6.45, 7) is 1.38. The number of carbonyl (C=O) groups is 1. The van der Waals surface area contributed by atoms with E-state index in [9.17, 15) is 18.0 Å². The summed E-state index contributed by atoms with van der Waals surface area (Å²) in [5, 5.41) is 3.15. The third-order valence-corrected chi connectivity index (χ3v) is 6.27. The number of nitrogens with zero attached hydrogens (tertiary/aromatic N) is 2. The van der Waals surface area contributed by atoms with Crippen LogP contribution in [0.3, 0.4) is 0 Å². The first kappa shape index (κ1) is 21.5. The van der Waals surface area contributed by atoms with Gasteiger partial charge in [0, 0.05) is 31.7 Å². The molecule has 0 saturated carbocycles. The molecule has 1 aliphatic heterocycles. The number of nitrogens with one attached hydrogen (secondary N) is 1. The summed E-state index contributed by atoms with van der Waals surface area (Å²) in [5.41, 5.74) is 3.87. The van der Waals surface area contributed by atoms with Crippen molar-refractivity contribution in [3.8, 4) is 11.1 Å². The van der Waals surface area contributed by atoms with E-state index in [2.05, 4.69) is 22.4 Å². The average Bonchev–Trinajstić information content (AvgIpc) is 3.16. The first-order chi connectivity index (χ1) is 15.9. The lowest BCUT2D eigenvalue weighted by atomic mass is 9.98. The van der Waals surface area contributed by atoms with Gasteiger partial charge in [0.2, 0.25) is 0 Å². The molecule has 1 unspecified atom stereocenters. The fourth-order valence-corrected chi connectivity index (χ4v) is 4.71. The van der Waals surface area contributed by atoms with Crippen molar-refractivity contribution in [3.05, 3.63) is 89.2 Å². The zero-order valence-electron chi connectivity index (χ0n) is 17.7. The molecule has 8 heteroatoms. The van der Waals surface area contributed by atoms with Crippen molar-refractivity contribution in [2.45, 2.75) is 18.1 Å². The zero-order valence-corrected chi connectivity index (χ0v) is 17.7. The standard InChI is InChI=1S/C25H22F3N3O2/c26-25(27,28)23-13-16(9-10-30-23)22-14-29-11-12-31(22)24(32)33-15-21-19-7-3-1-5-17(19)18-6-2-4-8-20(18)21/h1-10,13,21-22,29H,11-12,14-15H2. The fraction of sp³-hybridized carbons (Fsp3) is 0.280. The molecule has 5 nitrogen and oxygen atoms in total. The van der Waals surface area contributed by atoms with Crippen molar-refractivity contribution in [1.29, 1.82) is 0 Å². The lowest BCUT2D eigenvalue weighted by molar-refractivity contribution is -0.141. The number of pyridine rings is 1. The Kier molecular flexibility index (Phi) is 5.54. The summed E-state index contributed by atoms with van der Waals surface area (Å²) in [7, 11) is 0. The second-order valence-electron chi connectivity index (χ2n) is 8.19. The lowest BCUT2D eigenvalue weighted by Gasteiger charge is -2.36. The van der Waals surface area contributed by atoms with Gasteiger partial charge in [-0.25, -0.2) is 4.79 Å². The summed E-state index contributed by atoms with van der Waals surface area (Å²) >= 11 is 0. The number of aromatic nitrogens is 1. The van der Waals surface area contributed by atoms with Crippen LogP contribution in [0.15, 0.2) is 66.9 Å². The van der Waals surface area contributed by atoms with Crippen LogP contribution in [-0.4, -0.2) is 42.2 Å². The van der Waals surface area contributed by atoms with Gasteiger partial charge in [0.25, 0.3) is 0 Å². The highest BCUT2D eigenvalue weighted by molar-refractivity contribution is 5.79. The van der Waals surface area contributed by atoms with E-state index in [0.29, 0.717) is 25.2 Å². The molecule has 1 aliphatic carbocycles. The predicted molar refractivity (Wildman–Crippen MR) is 117 cm³/mol. The Hall–Kier alpha value is -3.39. The maximum atomic E-state index is 13.1. The molecule has 33 heavy (non-hydrogen) atoms. The molecule has 5 rings (SSSR count). The molecule has 2 aromatic carbocycles. The smallest absolute Gasteiger partial charge is 0.433 e. The Bertz CT molecular complexity index is 1140. The van der Waals surface area contributed by atoms with Gasteiger partial charge < -0.3 is 10.1 Å². The number of rotatable bonds is 3. The number of hydrogen-bond donors (Lipinski definition) is 1. The SMILES string of the molecule is O=C(OCC1c2ccccc2-c2ccccc21)N1CCNCC1c1ccnc(C(F)(F)F)c1. The number of amides is 1. The van der Waals surface area contributed by atoms with Crippen molar-refractivity contribution in [1.82, 2.24) is 15.2 Å². The van der Waals surface area contributed by atoms with E-state index in [1.54, 1.807) is 0 Å². The molecule has 2 aliphatic rings. The Labute approximate surface area is 189 Å². The summed E-state index contributed by atoms with van der Waals surface area (Å²) in [4.78, 5) is 18.0. The Balaban J connectivity index is 1.35. The molecule has 2 heterocycles. The lowest BCUT2D eigenvalue weighted by Crippen LogP contribution is -2.49. The molecule has 0 bridgehead atoms. The number of ether oxygens (including phenoxy) is 1. The molecule has 0 radical (unpaired) electrons. The number of fused-ring (bicyclic) bond motifs is 3. The quantitative estimate of drug-likeness (QED) is 0.607. The van der Waals surface area contributed by atoms with Crippen LogP contribution in [0.5, 0.6) is 0 Å². The van der Waals surface area contributed by atoms with Gasteiger partial charge in [-0.15, -0.1) is 0 Å². The van der Waals surface area contributed by atoms with Crippen LogP contribution in [0.2, 0.25) is 0 Å². The number of halogens is 3. The number of carbonyl (C=O) groups excluding carboxylic acids is 1. The van der Waals surface area contributed by atoms with Crippen LogP contribution >= 0.6 is 0 Å². The second kappa shape index (κ2) is 8.51. The maximum Gasteiger partial charge on any atom is 0.433 e. The molecule has 1 atom stereocenters. The minimum absolute atomic E-state index is 0.0829. The first-order valence-electron chi connectivity index (χ1n) is 10.8. The number of piperazine rings is 1. The van der Waals surface area contributed by atoms with E-state index in [-0.39, 0.29) is 12.5 Å². The molecule has 3 aromatic rings. The normalized spacial score (nSPS) is 18.0. The Morgan fingerprint density at radius 2 is 1.73 bits per heavy atom. The van der Waals surface area contributed by atoms with Gasteiger partial charge in [0.15, 0.2) is 0 Å². The monoisotopic (exact) mass is 453 g/mol. The minimum atomic E-state index is -4.55. The third kappa shape index (κ3) is 4.06. The molecule has 1 fully saturated rings. The molecule has 1 N–H and O–H groups in total. The predicted octanol–water partition coefficient (Wildman–Crippen LogP) is 5.00. The van der Waals surface area contributed by atoms with Gasteiger partial charge in [-0.1, -0.05) is 48.5 Å². The molecular formula is C25H22F3N3O2. The zero-order chi connectivity index (χ0) is 23.0. The molecule has 1 amide bonds. The Morgan fingerprint density at radius 3 is 2.39 bits per heavy atom. The summed E-state index contributed by atoms with van der Waals surface area (Å²) in [6.07, 6.45) is -3.95. The van der Waals surface area contributed by atoms with Crippen molar-refractivity contribution in [2.75, 3.05) is 26.2 Å². The van der Waals surface area contributed by atoms with Gasteiger partial charge in [0.05, 0.1) is 6.04 Å². The minimum Gasteiger partial charge on any atom is -0.448 e. The van der Waals surface area contributed by atoms with E-state index in [1.165, 1.54) is 11.0 Å². The van der Waals surface area contributed by atoms with Gasteiger partial charge in [-0.3, -0.25) is 9.88 Å². The topological polar surface area (TPSA) is 54.5 Å². The van der Waals surface area contributed by atoms with Gasteiger partial charge in [-0.05, 0) is 39.9 Å².